The number of hydrogen-bond donors (Lipinski definition) is 0. The van der Waals surface area contributed by atoms with E-state index >= 15 is 0 Å². The van der Waals surface area contributed by atoms with Gasteiger partial charge >= 0.3 is 0 Å². The summed E-state index contributed by atoms with van der Waals surface area (Å²) in [4.78, 5) is 2.85. The van der Waals surface area contributed by atoms with Crippen LogP contribution in [0.5, 0.6) is 0 Å². The molecule has 4 atom stereocenters. The van der Waals surface area contributed by atoms with Crippen LogP contribution in [0.4, 0.5) is 0 Å². The molecule has 2 bridgehead atoms. The summed E-state index contributed by atoms with van der Waals surface area (Å²) in [6.07, 6.45) is 9.06. The lowest BCUT2D eigenvalue weighted by molar-refractivity contribution is 0.0949. The van der Waals surface area contributed by atoms with Crippen molar-refractivity contribution < 1.29 is 0 Å². The fraction of sp³-hybridized carbons (Fsp3) is 1.00. The van der Waals surface area contributed by atoms with Crippen LogP contribution in [-0.2, 0) is 0 Å². The van der Waals surface area contributed by atoms with Gasteiger partial charge in [-0.3, -0.25) is 4.90 Å². The van der Waals surface area contributed by atoms with Crippen molar-refractivity contribution in [3.8, 4) is 0 Å². The number of nitrogens with zero attached hydrogens (tertiary/aromatic N) is 1. The average Bonchev–Trinajstić information content (AvgIpc) is 2.59. The highest BCUT2D eigenvalue weighted by atomic mass is 15.2. The van der Waals surface area contributed by atoms with Crippen molar-refractivity contribution in [2.24, 2.45) is 5.92 Å². The molecule has 3 fully saturated rings. The van der Waals surface area contributed by atoms with E-state index in [0.29, 0.717) is 0 Å². The Morgan fingerprint density at radius 2 is 1.58 bits per heavy atom. The van der Waals surface area contributed by atoms with Crippen molar-refractivity contribution in [3.05, 3.63) is 0 Å². The molecule has 0 aromatic heterocycles. The van der Waals surface area contributed by atoms with Crippen molar-refractivity contribution in [3.63, 3.8) is 0 Å². The zero-order chi connectivity index (χ0) is 8.13. The zero-order valence-electron chi connectivity index (χ0n) is 8.00. The van der Waals surface area contributed by atoms with Gasteiger partial charge in [-0.15, -0.1) is 0 Å². The van der Waals surface area contributed by atoms with Gasteiger partial charge in [-0.2, -0.15) is 0 Å². The number of piperidine rings is 1. The molecule has 0 N–H and O–H groups in total. The first kappa shape index (κ1) is 7.37. The van der Waals surface area contributed by atoms with Crippen molar-refractivity contribution in [2.45, 2.75) is 63.6 Å². The van der Waals surface area contributed by atoms with Gasteiger partial charge in [0.05, 0.1) is 0 Å². The first-order valence-electron chi connectivity index (χ1n) is 5.62. The van der Waals surface area contributed by atoms with Crippen LogP contribution in [0.25, 0.3) is 0 Å². The van der Waals surface area contributed by atoms with Crippen LogP contribution in [0, 0.1) is 5.92 Å². The Bertz CT molecular complexity index is 185. The molecule has 0 spiro atoms. The van der Waals surface area contributed by atoms with E-state index in [0.717, 1.165) is 24.0 Å². The fourth-order valence-corrected chi connectivity index (χ4v) is 3.91. The lowest BCUT2D eigenvalue weighted by Gasteiger charge is -2.38. The molecule has 1 aliphatic carbocycles. The van der Waals surface area contributed by atoms with Gasteiger partial charge in [-0.05, 0) is 51.4 Å². The second kappa shape index (κ2) is 2.47. The molecule has 2 aliphatic heterocycles. The third-order valence-corrected chi connectivity index (χ3v) is 4.39. The van der Waals surface area contributed by atoms with Crippen LogP contribution in [0.1, 0.15) is 45.4 Å². The maximum Gasteiger partial charge on any atom is 0.0104 e. The van der Waals surface area contributed by atoms with Crippen LogP contribution >= 0.6 is 0 Å². The minimum Gasteiger partial charge on any atom is -0.295 e. The maximum absolute atomic E-state index is 2.85. The Balaban J connectivity index is 1.86. The average molecular weight is 165 g/mol. The summed E-state index contributed by atoms with van der Waals surface area (Å²) >= 11 is 0. The summed E-state index contributed by atoms with van der Waals surface area (Å²) in [6, 6.07) is 2.89. The largest absolute Gasteiger partial charge is 0.295 e. The minimum absolute atomic E-state index is 0.902. The van der Waals surface area contributed by atoms with Gasteiger partial charge in [-0.25, -0.2) is 0 Å². The first-order chi connectivity index (χ1) is 5.84. The van der Waals surface area contributed by atoms with Gasteiger partial charge in [-0.1, -0.05) is 0 Å². The van der Waals surface area contributed by atoms with E-state index < -0.39 is 0 Å². The van der Waals surface area contributed by atoms with Crippen molar-refractivity contribution in [2.75, 3.05) is 0 Å². The molecule has 0 amide bonds. The lowest BCUT2D eigenvalue weighted by Crippen LogP contribution is -2.44. The highest BCUT2D eigenvalue weighted by Gasteiger charge is 2.44. The van der Waals surface area contributed by atoms with E-state index in [2.05, 4.69) is 11.8 Å². The normalized spacial score (nSPS) is 52.8. The Morgan fingerprint density at radius 1 is 0.917 bits per heavy atom. The summed E-state index contributed by atoms with van der Waals surface area (Å²) in [5.74, 6) is 1.11. The monoisotopic (exact) mass is 165 g/mol. The molecular formula is C11H19N. The van der Waals surface area contributed by atoms with Crippen LogP contribution in [0.15, 0.2) is 0 Å². The minimum atomic E-state index is 0.902. The third kappa shape index (κ3) is 0.891. The molecule has 3 aliphatic rings. The molecule has 3 rings (SSSR count). The smallest absolute Gasteiger partial charge is 0.0104 e. The third-order valence-electron chi connectivity index (χ3n) is 4.39. The van der Waals surface area contributed by atoms with Gasteiger partial charge < -0.3 is 0 Å². The van der Waals surface area contributed by atoms with Crippen LogP contribution in [0.3, 0.4) is 0 Å². The Morgan fingerprint density at radius 3 is 2.33 bits per heavy atom. The molecule has 1 saturated carbocycles. The SMILES string of the molecule is CC1CCC2CC3CCC(C3)N12. The number of rotatable bonds is 0. The van der Waals surface area contributed by atoms with E-state index in [4.69, 9.17) is 0 Å². The number of fused-ring (bicyclic) bond motifs is 4. The molecule has 0 aromatic carbocycles. The molecule has 1 heteroatoms. The Hall–Kier alpha value is -0.0400. The molecule has 1 nitrogen and oxygen atoms in total. The van der Waals surface area contributed by atoms with Gasteiger partial charge in [0.15, 0.2) is 0 Å². The molecule has 12 heavy (non-hydrogen) atoms. The summed E-state index contributed by atoms with van der Waals surface area (Å²) in [5, 5.41) is 0. The molecule has 2 heterocycles. The highest BCUT2D eigenvalue weighted by Crippen LogP contribution is 2.45. The van der Waals surface area contributed by atoms with Crippen molar-refractivity contribution >= 4 is 0 Å². The second-order valence-electron chi connectivity index (χ2n) is 5.10. The molecule has 2 saturated heterocycles. The summed E-state index contributed by atoms with van der Waals surface area (Å²) in [7, 11) is 0. The van der Waals surface area contributed by atoms with Crippen molar-refractivity contribution in [1.29, 1.82) is 0 Å². The van der Waals surface area contributed by atoms with E-state index in [1.807, 2.05) is 0 Å². The van der Waals surface area contributed by atoms with Crippen LogP contribution in [-0.4, -0.2) is 23.0 Å². The van der Waals surface area contributed by atoms with Gasteiger partial charge in [0.1, 0.15) is 0 Å². The van der Waals surface area contributed by atoms with E-state index in [-0.39, 0.29) is 0 Å². The first-order valence-corrected chi connectivity index (χ1v) is 5.62. The quantitative estimate of drug-likeness (QED) is 0.533. The Labute approximate surface area is 75.1 Å². The van der Waals surface area contributed by atoms with E-state index in [1.165, 1.54) is 38.5 Å². The van der Waals surface area contributed by atoms with Crippen molar-refractivity contribution in [1.82, 2.24) is 4.90 Å². The second-order valence-corrected chi connectivity index (χ2v) is 5.10. The van der Waals surface area contributed by atoms with E-state index in [9.17, 15) is 0 Å². The summed E-state index contributed by atoms with van der Waals surface area (Å²) in [5.41, 5.74) is 0. The van der Waals surface area contributed by atoms with E-state index in [1.54, 1.807) is 0 Å². The van der Waals surface area contributed by atoms with Gasteiger partial charge in [0, 0.05) is 18.1 Å². The summed E-state index contributed by atoms with van der Waals surface area (Å²) < 4.78 is 0. The number of hydrogen-bond acceptors (Lipinski definition) is 1. The molecular weight excluding hydrogens is 146 g/mol. The highest BCUT2D eigenvalue weighted by molar-refractivity contribution is 4.99. The molecule has 4 unspecified atom stereocenters. The predicted octanol–water partition coefficient (Wildman–Crippen LogP) is 2.41. The summed E-state index contributed by atoms with van der Waals surface area (Å²) in [6.45, 7) is 2.43. The lowest BCUT2D eigenvalue weighted by atomic mass is 9.93. The fourth-order valence-electron chi connectivity index (χ4n) is 3.91. The maximum atomic E-state index is 2.85. The standard InChI is InChI=1S/C11H19N/c1-8-2-4-10-6-9-3-5-11(7-9)12(8)10/h8-11H,2-7H2,1H3. The van der Waals surface area contributed by atoms with Crippen LogP contribution in [0.2, 0.25) is 0 Å². The van der Waals surface area contributed by atoms with Gasteiger partial charge in [0.2, 0.25) is 0 Å². The molecule has 0 aromatic rings. The van der Waals surface area contributed by atoms with Crippen LogP contribution < -0.4 is 0 Å². The Kier molecular flexibility index (Phi) is 1.52. The predicted molar refractivity (Wildman–Crippen MR) is 50.1 cm³/mol. The molecule has 0 radical (unpaired) electrons. The molecule has 68 valence electrons. The topological polar surface area (TPSA) is 3.24 Å². The zero-order valence-corrected chi connectivity index (χ0v) is 8.00. The van der Waals surface area contributed by atoms with Gasteiger partial charge in [0.25, 0.3) is 0 Å².